The minimum atomic E-state index is -2.89. The van der Waals surface area contributed by atoms with Gasteiger partial charge in [0.05, 0.1) is 5.92 Å². The number of benzene rings is 2. The molecule has 0 amide bonds. The number of halogens is 3. The number of imidazole rings is 1. The number of hydrogen-bond acceptors (Lipinski definition) is 3. The maximum Gasteiger partial charge on any atom is 0.343 e. The first kappa shape index (κ1) is 28.0. The van der Waals surface area contributed by atoms with Crippen molar-refractivity contribution in [3.63, 3.8) is 0 Å². The molecule has 8 heteroatoms. The number of alkyl halides is 2. The van der Waals surface area contributed by atoms with Crippen LogP contribution in [0.2, 0.25) is 0 Å². The average molecular weight is 563 g/mol. The van der Waals surface area contributed by atoms with Crippen molar-refractivity contribution in [1.29, 1.82) is 0 Å². The number of aromatic nitrogens is 2. The number of nitrogens with zero attached hydrogens (tertiary/aromatic N) is 2. The fraction of sp³-hybridized carbons (Fsp3) is 0.429. The second-order valence-electron chi connectivity index (χ2n) is 9.68. The number of carbonyl (C=O) groups excluding carboxylic acids is 1. The van der Waals surface area contributed by atoms with Crippen molar-refractivity contribution in [3.8, 4) is 0 Å². The summed E-state index contributed by atoms with van der Waals surface area (Å²) >= 11 is 0. The molecule has 1 saturated carbocycles. The van der Waals surface area contributed by atoms with Gasteiger partial charge in [0.2, 0.25) is 5.92 Å². The van der Waals surface area contributed by atoms with E-state index in [4.69, 9.17) is 4.74 Å². The Bertz CT molecular complexity index is 1140. The molecule has 3 aromatic rings. The lowest BCUT2D eigenvalue weighted by Crippen LogP contribution is -3.00. The van der Waals surface area contributed by atoms with Crippen molar-refractivity contribution in [2.24, 2.45) is 5.92 Å². The molecule has 2 atom stereocenters. The topological polar surface area (TPSA) is 55.3 Å². The monoisotopic (exact) mass is 562 g/mol. The Hall–Kier alpha value is -2.58. The quantitative estimate of drug-likeness (QED) is 0.320. The Morgan fingerprint density at radius 3 is 2.39 bits per heavy atom. The molecule has 194 valence electrons. The van der Waals surface area contributed by atoms with Crippen LogP contribution in [0.4, 0.5) is 8.78 Å². The second-order valence-corrected chi connectivity index (χ2v) is 9.68. The van der Waals surface area contributed by atoms with Crippen molar-refractivity contribution in [2.75, 3.05) is 6.61 Å². The third kappa shape index (κ3) is 6.03. The summed E-state index contributed by atoms with van der Waals surface area (Å²) in [7, 11) is 0. The van der Waals surface area contributed by atoms with Crippen LogP contribution in [-0.2, 0) is 28.2 Å². The third-order valence-electron chi connectivity index (χ3n) is 6.81. The molecule has 1 N–H and O–H groups in total. The highest BCUT2D eigenvalue weighted by Gasteiger charge is 2.54. The van der Waals surface area contributed by atoms with Crippen molar-refractivity contribution in [1.82, 2.24) is 4.57 Å². The molecular weight excluding hydrogens is 530 g/mol. The highest BCUT2D eigenvalue weighted by molar-refractivity contribution is 5.81. The highest BCUT2D eigenvalue weighted by atomic mass is 79.9. The van der Waals surface area contributed by atoms with E-state index in [9.17, 15) is 18.7 Å². The molecule has 0 unspecified atom stereocenters. The number of carbonyl (C=O) groups is 1. The molecule has 2 aromatic carbocycles. The first-order valence-electron chi connectivity index (χ1n) is 12.2. The minimum absolute atomic E-state index is 0. The normalized spacial score (nSPS) is 18.4. The van der Waals surface area contributed by atoms with Crippen molar-refractivity contribution in [2.45, 2.75) is 63.6 Å². The summed E-state index contributed by atoms with van der Waals surface area (Å²) in [4.78, 5) is 13.2. The van der Waals surface area contributed by atoms with E-state index >= 15 is 0 Å². The van der Waals surface area contributed by atoms with Gasteiger partial charge in [0.15, 0.2) is 5.60 Å². The summed E-state index contributed by atoms with van der Waals surface area (Å²) in [6.07, 6.45) is 3.13. The number of ether oxygens (including phenoxy) is 1. The Morgan fingerprint density at radius 1 is 1.17 bits per heavy atom. The zero-order valence-corrected chi connectivity index (χ0v) is 22.2. The molecule has 4 rings (SSSR count). The zero-order chi connectivity index (χ0) is 25.1. The molecule has 0 spiro atoms. The van der Waals surface area contributed by atoms with Crippen LogP contribution >= 0.6 is 0 Å². The molecular formula is C28H33BrF2N2O3. The van der Waals surface area contributed by atoms with Gasteiger partial charge in [0, 0.05) is 18.8 Å². The van der Waals surface area contributed by atoms with Crippen LogP contribution in [0.15, 0.2) is 73.1 Å². The third-order valence-corrected chi connectivity index (χ3v) is 6.81. The van der Waals surface area contributed by atoms with Crippen LogP contribution in [0, 0.1) is 5.92 Å². The van der Waals surface area contributed by atoms with Crippen LogP contribution in [0.25, 0.3) is 0 Å². The molecule has 0 radical (unpaired) electrons. The van der Waals surface area contributed by atoms with E-state index < -0.39 is 29.8 Å². The van der Waals surface area contributed by atoms with Gasteiger partial charge in [0.25, 0.3) is 5.82 Å². The maximum absolute atomic E-state index is 14.0. The fourth-order valence-corrected chi connectivity index (χ4v) is 5.11. The van der Waals surface area contributed by atoms with Gasteiger partial charge in [-0.05, 0) is 17.5 Å². The van der Waals surface area contributed by atoms with Crippen LogP contribution in [0.3, 0.4) is 0 Å². The number of esters is 1. The molecule has 1 heterocycles. The minimum Gasteiger partial charge on any atom is -1.00 e. The summed E-state index contributed by atoms with van der Waals surface area (Å²) in [5.41, 5.74) is -0.631. The first-order valence-corrected chi connectivity index (χ1v) is 12.2. The predicted octanol–water partition coefficient (Wildman–Crippen LogP) is 1.82. The van der Waals surface area contributed by atoms with Gasteiger partial charge in [-0.1, -0.05) is 74.5 Å². The van der Waals surface area contributed by atoms with Crippen LogP contribution in [-0.4, -0.2) is 28.2 Å². The number of hydrogen-bond donors (Lipinski definition) is 1. The van der Waals surface area contributed by atoms with Gasteiger partial charge >= 0.3 is 5.97 Å². The summed E-state index contributed by atoms with van der Waals surface area (Å²) in [6, 6.07) is 18.5. The van der Waals surface area contributed by atoms with Gasteiger partial charge in [-0.2, -0.15) is 0 Å². The van der Waals surface area contributed by atoms with Crippen molar-refractivity contribution >= 4 is 5.97 Å². The molecule has 1 aliphatic carbocycles. The predicted molar refractivity (Wildman–Crippen MR) is 128 cm³/mol. The number of rotatable bonds is 9. The van der Waals surface area contributed by atoms with Gasteiger partial charge in [-0.25, -0.2) is 22.7 Å². The summed E-state index contributed by atoms with van der Waals surface area (Å²) in [5.74, 6) is -3.36. The van der Waals surface area contributed by atoms with Gasteiger partial charge in [0.1, 0.15) is 32.1 Å². The van der Waals surface area contributed by atoms with Gasteiger partial charge in [-0.15, -0.1) is 0 Å². The summed E-state index contributed by atoms with van der Waals surface area (Å²) in [6.45, 7) is 5.36. The fourth-order valence-electron chi connectivity index (χ4n) is 5.11. The Kier molecular flexibility index (Phi) is 9.06. The van der Waals surface area contributed by atoms with Crippen LogP contribution < -0.4 is 21.5 Å². The van der Waals surface area contributed by atoms with E-state index in [1.165, 1.54) is 5.56 Å². The molecule has 1 fully saturated rings. The van der Waals surface area contributed by atoms with E-state index in [1.54, 1.807) is 30.3 Å². The largest absolute Gasteiger partial charge is 1.00 e. The molecule has 0 bridgehead atoms. The van der Waals surface area contributed by atoms with Gasteiger partial charge < -0.3 is 26.8 Å². The molecule has 36 heavy (non-hydrogen) atoms. The highest BCUT2D eigenvalue weighted by Crippen LogP contribution is 2.47. The lowest BCUT2D eigenvalue weighted by Gasteiger charge is -2.32. The SMILES string of the molecule is CC(C)c1n(CCOC(=O)[C@](O)(c2ccccc2)[C@@H]2CCC(F)(F)C2)cc[n+]1Cc1ccccc1.[Br-]. The van der Waals surface area contributed by atoms with E-state index in [0.717, 1.165) is 12.4 Å². The van der Waals surface area contributed by atoms with Crippen LogP contribution in [0.1, 0.15) is 56.0 Å². The molecule has 0 saturated heterocycles. The Morgan fingerprint density at radius 2 is 1.81 bits per heavy atom. The smallest absolute Gasteiger partial charge is 0.343 e. The Labute approximate surface area is 221 Å². The summed E-state index contributed by atoms with van der Waals surface area (Å²) < 4.78 is 37.7. The second kappa shape index (κ2) is 11.6. The van der Waals surface area contributed by atoms with Gasteiger partial charge in [-0.3, -0.25) is 0 Å². The van der Waals surface area contributed by atoms with E-state index in [-0.39, 0.29) is 47.9 Å². The lowest BCUT2D eigenvalue weighted by molar-refractivity contribution is -0.696. The van der Waals surface area contributed by atoms with Crippen molar-refractivity contribution < 1.29 is 45.0 Å². The number of aliphatic hydroxyl groups is 1. The molecule has 1 aliphatic rings. The lowest BCUT2D eigenvalue weighted by atomic mass is 9.80. The van der Waals surface area contributed by atoms with E-state index in [1.807, 2.05) is 35.2 Å². The average Bonchev–Trinajstić information content (AvgIpc) is 3.42. The zero-order valence-electron chi connectivity index (χ0n) is 20.6. The van der Waals surface area contributed by atoms with Crippen molar-refractivity contribution in [3.05, 3.63) is 90.0 Å². The standard InChI is InChI=1S/C28H33F2N2O3.BrH/c1-21(2)25-31(15-16-32(25)20-22-9-5-3-6-10-22)17-18-35-26(33)28(34,23-11-7-4-8-12-23)24-13-14-27(29,30)19-24;/h3-12,15-16,21,24,34H,13-14,17-20H2,1-2H3;1H/q+1;/p-1/t24-,28+;/m1./s1. The maximum atomic E-state index is 14.0. The van der Waals surface area contributed by atoms with E-state index in [0.29, 0.717) is 6.54 Å². The molecule has 1 aromatic heterocycles. The van der Waals surface area contributed by atoms with E-state index in [2.05, 4.69) is 30.5 Å². The van der Waals surface area contributed by atoms with Crippen LogP contribution in [0.5, 0.6) is 0 Å². The summed E-state index contributed by atoms with van der Waals surface area (Å²) in [5, 5.41) is 11.5. The first-order chi connectivity index (χ1) is 16.7. The molecule has 0 aliphatic heterocycles. The molecule has 5 nitrogen and oxygen atoms in total. The Balaban J connectivity index is 0.00000361.